The van der Waals surface area contributed by atoms with Crippen molar-refractivity contribution in [2.75, 3.05) is 7.11 Å². The van der Waals surface area contributed by atoms with Crippen molar-refractivity contribution >= 4 is 5.78 Å². The minimum Gasteiger partial charge on any atom is -0.497 e. The SMILES string of the molecule is COc1ccc(O/C(Cc2ccccc2)=C2\CCCCC2=O)cc1. The van der Waals surface area contributed by atoms with Crippen LogP contribution in [0.15, 0.2) is 65.9 Å². The van der Waals surface area contributed by atoms with Crippen molar-refractivity contribution in [3.8, 4) is 11.5 Å². The number of rotatable bonds is 5. The highest BCUT2D eigenvalue weighted by Gasteiger charge is 2.21. The van der Waals surface area contributed by atoms with Gasteiger partial charge in [-0.1, -0.05) is 30.3 Å². The summed E-state index contributed by atoms with van der Waals surface area (Å²) in [5.74, 6) is 2.51. The predicted molar refractivity (Wildman–Crippen MR) is 94.3 cm³/mol. The van der Waals surface area contributed by atoms with E-state index in [-0.39, 0.29) is 5.78 Å². The molecule has 0 N–H and O–H groups in total. The minimum atomic E-state index is 0.223. The summed E-state index contributed by atoms with van der Waals surface area (Å²) in [6.07, 6.45) is 4.08. The summed E-state index contributed by atoms with van der Waals surface area (Å²) in [5.41, 5.74) is 1.99. The summed E-state index contributed by atoms with van der Waals surface area (Å²) in [6, 6.07) is 17.6. The molecule has 2 aromatic carbocycles. The number of Topliss-reactive ketones (excluding diaryl/α,β-unsaturated/α-hetero) is 1. The van der Waals surface area contributed by atoms with E-state index in [1.165, 1.54) is 0 Å². The molecular weight excluding hydrogens is 300 g/mol. The molecule has 0 aromatic heterocycles. The zero-order chi connectivity index (χ0) is 16.8. The zero-order valence-corrected chi connectivity index (χ0v) is 14.0. The molecule has 1 aliphatic rings. The maximum atomic E-state index is 12.4. The maximum absolute atomic E-state index is 12.4. The number of carbonyl (C=O) groups is 1. The van der Waals surface area contributed by atoms with E-state index in [1.807, 2.05) is 42.5 Å². The molecule has 1 fully saturated rings. The molecule has 0 amide bonds. The van der Waals surface area contributed by atoms with Crippen LogP contribution >= 0.6 is 0 Å². The lowest BCUT2D eigenvalue weighted by atomic mass is 9.91. The van der Waals surface area contributed by atoms with Gasteiger partial charge in [-0.2, -0.15) is 0 Å². The lowest BCUT2D eigenvalue weighted by Crippen LogP contribution is -2.15. The van der Waals surface area contributed by atoms with E-state index >= 15 is 0 Å². The molecule has 3 heteroatoms. The van der Waals surface area contributed by atoms with Crippen molar-refractivity contribution in [1.29, 1.82) is 0 Å². The van der Waals surface area contributed by atoms with Crippen LogP contribution in [0.4, 0.5) is 0 Å². The van der Waals surface area contributed by atoms with Crippen molar-refractivity contribution in [1.82, 2.24) is 0 Å². The molecule has 0 atom stereocenters. The highest BCUT2D eigenvalue weighted by atomic mass is 16.5. The minimum absolute atomic E-state index is 0.223. The van der Waals surface area contributed by atoms with E-state index in [4.69, 9.17) is 9.47 Å². The molecule has 1 saturated carbocycles. The first-order chi connectivity index (χ1) is 11.8. The quantitative estimate of drug-likeness (QED) is 0.590. The Labute approximate surface area is 142 Å². The third-order valence-electron chi connectivity index (χ3n) is 4.26. The Morgan fingerprint density at radius 1 is 0.917 bits per heavy atom. The topological polar surface area (TPSA) is 35.5 Å². The first-order valence-electron chi connectivity index (χ1n) is 8.37. The Bertz CT molecular complexity index is 715. The van der Waals surface area contributed by atoms with Gasteiger partial charge in [-0.25, -0.2) is 0 Å². The second kappa shape index (κ2) is 7.82. The van der Waals surface area contributed by atoms with Crippen molar-refractivity contribution in [2.45, 2.75) is 32.1 Å². The van der Waals surface area contributed by atoms with E-state index in [0.29, 0.717) is 12.8 Å². The summed E-state index contributed by atoms with van der Waals surface area (Å²) in [5, 5.41) is 0. The number of methoxy groups -OCH3 is 1. The van der Waals surface area contributed by atoms with Crippen LogP contribution in [0.5, 0.6) is 11.5 Å². The number of allylic oxidation sites excluding steroid dienone is 2. The number of benzene rings is 2. The van der Waals surface area contributed by atoms with E-state index in [9.17, 15) is 4.79 Å². The van der Waals surface area contributed by atoms with Crippen molar-refractivity contribution in [2.24, 2.45) is 0 Å². The molecule has 0 spiro atoms. The van der Waals surface area contributed by atoms with Crippen LogP contribution in [0.2, 0.25) is 0 Å². The van der Waals surface area contributed by atoms with Gasteiger partial charge in [-0.3, -0.25) is 4.79 Å². The Morgan fingerprint density at radius 2 is 1.58 bits per heavy atom. The van der Waals surface area contributed by atoms with Crippen molar-refractivity contribution < 1.29 is 14.3 Å². The first kappa shape index (κ1) is 16.3. The first-order valence-corrected chi connectivity index (χ1v) is 8.37. The smallest absolute Gasteiger partial charge is 0.162 e. The number of hydrogen-bond acceptors (Lipinski definition) is 3. The second-order valence-electron chi connectivity index (χ2n) is 5.97. The number of ketones is 1. The fourth-order valence-electron chi connectivity index (χ4n) is 2.94. The summed E-state index contributed by atoms with van der Waals surface area (Å²) in [4.78, 5) is 12.4. The highest BCUT2D eigenvalue weighted by Crippen LogP contribution is 2.28. The third-order valence-corrected chi connectivity index (χ3v) is 4.26. The molecule has 1 aliphatic carbocycles. The van der Waals surface area contributed by atoms with Crippen LogP contribution < -0.4 is 9.47 Å². The Balaban J connectivity index is 1.88. The van der Waals surface area contributed by atoms with Crippen molar-refractivity contribution in [3.63, 3.8) is 0 Å². The molecule has 0 heterocycles. The summed E-state index contributed by atoms with van der Waals surface area (Å²) in [6.45, 7) is 0. The van der Waals surface area contributed by atoms with E-state index < -0.39 is 0 Å². The zero-order valence-electron chi connectivity index (χ0n) is 14.0. The van der Waals surface area contributed by atoms with Gasteiger partial charge in [-0.05, 0) is 49.1 Å². The Kier molecular flexibility index (Phi) is 5.32. The van der Waals surface area contributed by atoms with E-state index in [2.05, 4.69) is 12.1 Å². The standard InChI is InChI=1S/C21H22O3/c1-23-17-11-13-18(14-12-17)24-21(15-16-7-3-2-4-8-16)19-9-5-6-10-20(19)22/h2-4,7-8,11-14H,5-6,9-10,15H2,1H3/b21-19+. The lowest BCUT2D eigenvalue weighted by Gasteiger charge is -2.19. The fraction of sp³-hybridized carbons (Fsp3) is 0.286. The van der Waals surface area contributed by atoms with Gasteiger partial charge in [-0.15, -0.1) is 0 Å². The van der Waals surface area contributed by atoms with Gasteiger partial charge in [0.2, 0.25) is 0 Å². The van der Waals surface area contributed by atoms with Gasteiger partial charge in [0.25, 0.3) is 0 Å². The van der Waals surface area contributed by atoms with Gasteiger partial charge in [0.05, 0.1) is 7.11 Å². The molecular formula is C21H22O3. The summed E-state index contributed by atoms with van der Waals surface area (Å²) >= 11 is 0. The van der Waals surface area contributed by atoms with Crippen LogP contribution in [0.25, 0.3) is 0 Å². The third kappa shape index (κ3) is 4.05. The fourth-order valence-corrected chi connectivity index (χ4v) is 2.94. The molecule has 124 valence electrons. The average Bonchev–Trinajstić information content (AvgIpc) is 2.63. The highest BCUT2D eigenvalue weighted by molar-refractivity contribution is 5.96. The van der Waals surface area contributed by atoms with Crippen LogP contribution in [-0.4, -0.2) is 12.9 Å². The largest absolute Gasteiger partial charge is 0.497 e. The second-order valence-corrected chi connectivity index (χ2v) is 5.97. The molecule has 3 nitrogen and oxygen atoms in total. The number of hydrogen-bond donors (Lipinski definition) is 0. The van der Waals surface area contributed by atoms with Crippen molar-refractivity contribution in [3.05, 3.63) is 71.5 Å². The molecule has 0 saturated heterocycles. The normalized spacial score (nSPS) is 16.6. The van der Waals surface area contributed by atoms with E-state index in [1.54, 1.807) is 7.11 Å². The number of ether oxygens (including phenoxy) is 2. The Hall–Kier alpha value is -2.55. The van der Waals surface area contributed by atoms with Crippen LogP contribution in [-0.2, 0) is 11.2 Å². The molecule has 24 heavy (non-hydrogen) atoms. The van der Waals surface area contributed by atoms with E-state index in [0.717, 1.165) is 47.7 Å². The van der Waals surface area contributed by atoms with Gasteiger partial charge in [0.15, 0.2) is 5.78 Å². The van der Waals surface area contributed by atoms with Crippen LogP contribution in [0.3, 0.4) is 0 Å². The van der Waals surface area contributed by atoms with Crippen LogP contribution in [0.1, 0.15) is 31.2 Å². The van der Waals surface area contributed by atoms with Gasteiger partial charge < -0.3 is 9.47 Å². The molecule has 0 unspecified atom stereocenters. The Morgan fingerprint density at radius 3 is 2.25 bits per heavy atom. The van der Waals surface area contributed by atoms with Gasteiger partial charge >= 0.3 is 0 Å². The molecule has 0 bridgehead atoms. The average molecular weight is 322 g/mol. The predicted octanol–water partition coefficient (Wildman–Crippen LogP) is 4.71. The molecule has 2 aromatic rings. The summed E-state index contributed by atoms with van der Waals surface area (Å²) < 4.78 is 11.3. The molecule has 0 radical (unpaired) electrons. The van der Waals surface area contributed by atoms with Gasteiger partial charge in [0.1, 0.15) is 17.3 Å². The molecule has 3 rings (SSSR count). The molecule has 0 aliphatic heterocycles. The van der Waals surface area contributed by atoms with Gasteiger partial charge in [0, 0.05) is 18.4 Å². The lowest BCUT2D eigenvalue weighted by molar-refractivity contribution is -0.116. The summed E-state index contributed by atoms with van der Waals surface area (Å²) in [7, 11) is 1.64. The number of carbonyl (C=O) groups excluding carboxylic acids is 1. The van der Waals surface area contributed by atoms with Crippen LogP contribution in [0, 0.1) is 0 Å². The maximum Gasteiger partial charge on any atom is 0.162 e. The monoisotopic (exact) mass is 322 g/mol.